The van der Waals surface area contributed by atoms with Gasteiger partial charge in [-0.3, -0.25) is 10.1 Å². The SMILES string of the molecule is CNc1cccc(S(=O)(=O)NCCS(N)(=O)=O)c1[N+](=O)[O-]. The smallest absolute Gasteiger partial charge is 0.312 e. The first-order valence-corrected chi connectivity index (χ1v) is 8.73. The summed E-state index contributed by atoms with van der Waals surface area (Å²) in [4.78, 5) is 9.64. The molecular formula is C9H14N4O6S2. The molecule has 0 saturated heterocycles. The third kappa shape index (κ3) is 4.63. The van der Waals surface area contributed by atoms with E-state index in [9.17, 15) is 26.9 Å². The van der Waals surface area contributed by atoms with Crippen molar-refractivity contribution in [2.24, 2.45) is 5.14 Å². The third-order valence-electron chi connectivity index (χ3n) is 2.42. The van der Waals surface area contributed by atoms with E-state index in [2.05, 4.69) is 5.32 Å². The number of nitrogens with zero attached hydrogens (tertiary/aromatic N) is 1. The molecule has 12 heteroatoms. The minimum Gasteiger partial charge on any atom is -0.383 e. The summed E-state index contributed by atoms with van der Waals surface area (Å²) in [6.07, 6.45) is 0. The quantitative estimate of drug-likeness (QED) is 0.433. The van der Waals surface area contributed by atoms with Crippen molar-refractivity contribution in [3.8, 4) is 0 Å². The summed E-state index contributed by atoms with van der Waals surface area (Å²) in [5.41, 5.74) is -0.600. The van der Waals surface area contributed by atoms with Crippen molar-refractivity contribution >= 4 is 31.4 Å². The van der Waals surface area contributed by atoms with Crippen LogP contribution in [0.15, 0.2) is 23.1 Å². The van der Waals surface area contributed by atoms with Gasteiger partial charge in [0.2, 0.25) is 20.0 Å². The van der Waals surface area contributed by atoms with Crippen LogP contribution in [-0.2, 0) is 20.0 Å². The van der Waals surface area contributed by atoms with E-state index in [1.165, 1.54) is 19.2 Å². The maximum Gasteiger partial charge on any atom is 0.312 e. The summed E-state index contributed by atoms with van der Waals surface area (Å²) in [5, 5.41) is 18.3. The molecule has 0 aliphatic carbocycles. The van der Waals surface area contributed by atoms with Gasteiger partial charge in [0.25, 0.3) is 0 Å². The standard InChI is InChI=1S/C9H14N4O6S2/c1-11-7-3-2-4-8(9(7)13(14)15)21(18,19)12-5-6-20(10,16)17/h2-4,11-12H,5-6H2,1H3,(H2,10,16,17). The van der Waals surface area contributed by atoms with Gasteiger partial charge < -0.3 is 5.32 Å². The van der Waals surface area contributed by atoms with E-state index < -0.39 is 47.9 Å². The van der Waals surface area contributed by atoms with Crippen LogP contribution >= 0.6 is 0 Å². The van der Waals surface area contributed by atoms with E-state index in [1.54, 1.807) is 0 Å². The zero-order valence-corrected chi connectivity index (χ0v) is 12.6. The van der Waals surface area contributed by atoms with Crippen molar-refractivity contribution in [3.05, 3.63) is 28.3 Å². The molecule has 21 heavy (non-hydrogen) atoms. The fourth-order valence-electron chi connectivity index (χ4n) is 1.53. The second-order valence-corrected chi connectivity index (χ2v) is 7.39. The Morgan fingerprint density at radius 1 is 1.29 bits per heavy atom. The number of primary sulfonamides is 1. The summed E-state index contributed by atoms with van der Waals surface area (Å²) in [7, 11) is -6.67. The molecule has 1 aromatic rings. The van der Waals surface area contributed by atoms with Crippen LogP contribution in [0.4, 0.5) is 11.4 Å². The molecule has 10 nitrogen and oxygen atoms in total. The van der Waals surface area contributed by atoms with E-state index in [-0.39, 0.29) is 5.69 Å². The number of hydrogen-bond donors (Lipinski definition) is 3. The first-order valence-electron chi connectivity index (χ1n) is 5.54. The molecule has 0 amide bonds. The minimum absolute atomic E-state index is 0.0225. The lowest BCUT2D eigenvalue weighted by Crippen LogP contribution is -2.31. The molecular weight excluding hydrogens is 324 g/mol. The Balaban J connectivity index is 3.17. The van der Waals surface area contributed by atoms with Gasteiger partial charge in [0, 0.05) is 13.6 Å². The summed E-state index contributed by atoms with van der Waals surface area (Å²) >= 11 is 0. The third-order valence-corrected chi connectivity index (χ3v) is 4.68. The van der Waals surface area contributed by atoms with Crippen LogP contribution in [0, 0.1) is 10.1 Å². The number of nitrogens with two attached hydrogens (primary N) is 1. The van der Waals surface area contributed by atoms with Crippen LogP contribution in [0.5, 0.6) is 0 Å². The normalized spacial score (nSPS) is 12.1. The fraction of sp³-hybridized carbons (Fsp3) is 0.333. The molecule has 0 saturated carbocycles. The second-order valence-electron chi connectivity index (χ2n) is 3.92. The summed E-state index contributed by atoms with van der Waals surface area (Å²) in [5.74, 6) is -0.619. The Hall–Kier alpha value is -1.76. The van der Waals surface area contributed by atoms with Crippen molar-refractivity contribution in [1.29, 1.82) is 0 Å². The number of nitro benzene ring substituents is 1. The summed E-state index contributed by atoms with van der Waals surface area (Å²) in [6.45, 7) is -0.484. The number of anilines is 1. The van der Waals surface area contributed by atoms with E-state index in [4.69, 9.17) is 5.14 Å². The predicted molar refractivity (Wildman–Crippen MR) is 75.8 cm³/mol. The Kier molecular flexibility index (Phi) is 5.22. The topological polar surface area (TPSA) is 162 Å². The van der Waals surface area contributed by atoms with Crippen LogP contribution in [0.25, 0.3) is 0 Å². The predicted octanol–water partition coefficient (Wildman–Crippen LogP) is -0.797. The van der Waals surface area contributed by atoms with Crippen LogP contribution < -0.4 is 15.2 Å². The monoisotopic (exact) mass is 338 g/mol. The summed E-state index contributed by atoms with van der Waals surface area (Å²) < 4.78 is 47.5. The molecule has 0 fully saturated rings. The molecule has 0 aromatic heterocycles. The Labute approximate surface area is 121 Å². The van der Waals surface area contributed by atoms with Crippen LogP contribution in [-0.4, -0.2) is 41.1 Å². The molecule has 0 bridgehead atoms. The number of benzene rings is 1. The Bertz CT molecular complexity index is 744. The number of sulfonamides is 2. The first kappa shape index (κ1) is 17.3. The number of nitro groups is 1. The number of para-hydroxylation sites is 1. The van der Waals surface area contributed by atoms with Gasteiger partial charge in [-0.2, -0.15) is 0 Å². The highest BCUT2D eigenvalue weighted by Crippen LogP contribution is 2.31. The zero-order valence-electron chi connectivity index (χ0n) is 10.9. The van der Waals surface area contributed by atoms with Gasteiger partial charge >= 0.3 is 5.69 Å². The molecule has 0 heterocycles. The first-order chi connectivity index (χ1) is 9.58. The average Bonchev–Trinajstić information content (AvgIpc) is 2.35. The molecule has 0 radical (unpaired) electrons. The lowest BCUT2D eigenvalue weighted by molar-refractivity contribution is -0.386. The fourth-order valence-corrected chi connectivity index (χ4v) is 3.26. The number of rotatable bonds is 7. The van der Waals surface area contributed by atoms with Crippen molar-refractivity contribution < 1.29 is 21.8 Å². The van der Waals surface area contributed by atoms with E-state index in [0.717, 1.165) is 6.07 Å². The molecule has 1 aromatic carbocycles. The molecule has 0 atom stereocenters. The molecule has 0 aliphatic rings. The molecule has 0 unspecified atom stereocenters. The average molecular weight is 338 g/mol. The van der Waals surface area contributed by atoms with Crippen LogP contribution in [0.1, 0.15) is 0 Å². The van der Waals surface area contributed by atoms with Gasteiger partial charge in [-0.15, -0.1) is 0 Å². The highest BCUT2D eigenvalue weighted by Gasteiger charge is 2.28. The lowest BCUT2D eigenvalue weighted by Gasteiger charge is -2.09. The molecule has 0 aliphatic heterocycles. The largest absolute Gasteiger partial charge is 0.383 e. The van der Waals surface area contributed by atoms with Crippen molar-refractivity contribution in [2.45, 2.75) is 4.90 Å². The van der Waals surface area contributed by atoms with Crippen molar-refractivity contribution in [2.75, 3.05) is 24.7 Å². The van der Waals surface area contributed by atoms with Crippen LogP contribution in [0.3, 0.4) is 0 Å². The summed E-state index contributed by atoms with van der Waals surface area (Å²) in [6, 6.07) is 3.73. The molecule has 0 spiro atoms. The highest BCUT2D eigenvalue weighted by molar-refractivity contribution is 7.90. The van der Waals surface area contributed by atoms with Gasteiger partial charge in [0.15, 0.2) is 4.90 Å². The number of nitrogens with one attached hydrogen (secondary N) is 2. The highest BCUT2D eigenvalue weighted by atomic mass is 32.2. The minimum atomic E-state index is -4.24. The second kappa shape index (κ2) is 6.34. The van der Waals surface area contributed by atoms with Crippen LogP contribution in [0.2, 0.25) is 0 Å². The molecule has 1 rings (SSSR count). The Morgan fingerprint density at radius 2 is 1.90 bits per heavy atom. The van der Waals surface area contributed by atoms with Gasteiger partial charge in [0.1, 0.15) is 5.69 Å². The molecule has 118 valence electrons. The maximum atomic E-state index is 12.0. The van der Waals surface area contributed by atoms with Crippen molar-refractivity contribution in [1.82, 2.24) is 4.72 Å². The van der Waals surface area contributed by atoms with Gasteiger partial charge in [-0.25, -0.2) is 26.7 Å². The van der Waals surface area contributed by atoms with Gasteiger partial charge in [-0.05, 0) is 12.1 Å². The maximum absolute atomic E-state index is 12.0. The van der Waals surface area contributed by atoms with Gasteiger partial charge in [0.05, 0.1) is 10.7 Å². The van der Waals surface area contributed by atoms with E-state index >= 15 is 0 Å². The Morgan fingerprint density at radius 3 is 2.38 bits per heavy atom. The van der Waals surface area contributed by atoms with E-state index in [1.807, 2.05) is 4.72 Å². The zero-order chi connectivity index (χ0) is 16.3. The molecule has 4 N–H and O–H groups in total. The lowest BCUT2D eigenvalue weighted by atomic mass is 10.3. The number of hydrogen-bond acceptors (Lipinski definition) is 7. The van der Waals surface area contributed by atoms with E-state index in [0.29, 0.717) is 0 Å². The van der Waals surface area contributed by atoms with Gasteiger partial charge in [-0.1, -0.05) is 6.07 Å². The van der Waals surface area contributed by atoms with Crippen molar-refractivity contribution in [3.63, 3.8) is 0 Å².